The molecule has 4 heterocycles. The topological polar surface area (TPSA) is 90.1 Å². The molecule has 0 aliphatic carbocycles. The molecule has 2 aromatic carbocycles. The smallest absolute Gasteiger partial charge is 0.243 e. The Balaban J connectivity index is 1.53. The van der Waals surface area contributed by atoms with Gasteiger partial charge in [0.2, 0.25) is 10.0 Å². The van der Waals surface area contributed by atoms with Gasteiger partial charge in [-0.3, -0.25) is 0 Å². The minimum Gasteiger partial charge on any atom is -0.383 e. The summed E-state index contributed by atoms with van der Waals surface area (Å²) in [4.78, 5) is 0.829. The Morgan fingerprint density at radius 3 is 2.62 bits per heavy atom. The van der Waals surface area contributed by atoms with Crippen LogP contribution in [0, 0.1) is 0 Å². The number of nitrogens with zero attached hydrogens (tertiary/aromatic N) is 4. The summed E-state index contributed by atoms with van der Waals surface area (Å²) in [5.74, 6) is 0.712. The average Bonchev–Trinajstić information content (AvgIpc) is 3.41. The Bertz CT molecular complexity index is 1730. The largest absolute Gasteiger partial charge is 0.383 e. The van der Waals surface area contributed by atoms with E-state index in [1.165, 1.54) is 9.87 Å². The maximum absolute atomic E-state index is 13.5. The Morgan fingerprint density at radius 2 is 1.88 bits per heavy atom. The molecule has 1 N–H and O–H groups in total. The first kappa shape index (κ1) is 29.3. The second kappa shape index (κ2) is 12.1. The van der Waals surface area contributed by atoms with Crippen molar-refractivity contribution in [2.75, 3.05) is 40.0 Å². The molecule has 12 heteroatoms. The van der Waals surface area contributed by atoms with E-state index in [2.05, 4.69) is 9.88 Å². The zero-order valence-corrected chi connectivity index (χ0v) is 26.1. The van der Waals surface area contributed by atoms with Crippen molar-refractivity contribution in [1.29, 1.82) is 0 Å². The van der Waals surface area contributed by atoms with Crippen molar-refractivity contribution in [3.63, 3.8) is 0 Å². The highest BCUT2D eigenvalue weighted by Gasteiger charge is 2.31. The average molecular weight is 628 g/mol. The van der Waals surface area contributed by atoms with Gasteiger partial charge in [0, 0.05) is 54.5 Å². The highest BCUT2D eigenvalue weighted by atomic mass is 35.5. The summed E-state index contributed by atoms with van der Waals surface area (Å²) in [6.45, 7) is 4.77. The molecule has 222 valence electrons. The lowest BCUT2D eigenvalue weighted by molar-refractivity contribution is 0.0730. The van der Waals surface area contributed by atoms with Gasteiger partial charge in [0.15, 0.2) is 5.82 Å². The molecule has 1 fully saturated rings. The van der Waals surface area contributed by atoms with Crippen molar-refractivity contribution in [2.45, 2.75) is 43.7 Å². The second-order valence-electron chi connectivity index (χ2n) is 10.8. The molecule has 0 radical (unpaired) electrons. The van der Waals surface area contributed by atoms with Crippen LogP contribution in [0.15, 0.2) is 53.4 Å². The Kier molecular flexibility index (Phi) is 8.41. The Labute approximate surface area is 256 Å². The van der Waals surface area contributed by atoms with E-state index in [1.807, 2.05) is 41.8 Å². The zero-order valence-electron chi connectivity index (χ0n) is 23.7. The third kappa shape index (κ3) is 5.38. The molecule has 2 aliphatic heterocycles. The number of methoxy groups -OCH3 is 1. The van der Waals surface area contributed by atoms with Gasteiger partial charge in [0.25, 0.3) is 0 Å². The molecule has 42 heavy (non-hydrogen) atoms. The number of hydrogen-bond acceptors (Lipinski definition) is 6. The molecule has 2 aromatic heterocycles. The summed E-state index contributed by atoms with van der Waals surface area (Å²) in [7, 11) is -1.99. The fourth-order valence-corrected chi connectivity index (χ4v) is 7.87. The van der Waals surface area contributed by atoms with Crippen LogP contribution in [0.3, 0.4) is 0 Å². The van der Waals surface area contributed by atoms with Crippen molar-refractivity contribution in [2.24, 2.45) is 0 Å². The standard InChI is InChI=1S/C30H34ClN5O4S2/c1-20(19-39-2)32-29(41)27-26(21-9-11-23(31)12-10-21)25-8-3-4-13-35-28(33-36(27)30(25)35)22-6-5-7-24(18-22)42(37,38)34-14-16-40-17-15-34/h5-7,9-12,18,20H,3-4,8,13-17,19H2,1-2H3,(H,32,41)/t20-/m1/s1. The first-order chi connectivity index (χ1) is 20.3. The van der Waals surface area contributed by atoms with E-state index in [4.69, 9.17) is 38.4 Å². The lowest BCUT2D eigenvalue weighted by Gasteiger charge is -2.26. The van der Waals surface area contributed by atoms with E-state index in [0.29, 0.717) is 48.7 Å². The van der Waals surface area contributed by atoms with E-state index in [0.717, 1.165) is 53.8 Å². The second-order valence-corrected chi connectivity index (χ2v) is 13.5. The van der Waals surface area contributed by atoms with Crippen molar-refractivity contribution < 1.29 is 17.9 Å². The number of aromatic nitrogens is 3. The van der Waals surface area contributed by atoms with Gasteiger partial charge in [-0.15, -0.1) is 5.10 Å². The van der Waals surface area contributed by atoms with E-state index in [9.17, 15) is 8.42 Å². The third-order valence-corrected chi connectivity index (χ3v) is 10.3. The molecule has 0 amide bonds. The van der Waals surface area contributed by atoms with E-state index >= 15 is 0 Å². The van der Waals surface area contributed by atoms with Gasteiger partial charge in [-0.1, -0.05) is 48.1 Å². The predicted molar refractivity (Wildman–Crippen MR) is 168 cm³/mol. The quantitative estimate of drug-likeness (QED) is 0.281. The maximum Gasteiger partial charge on any atom is 0.243 e. The molecule has 0 unspecified atom stereocenters. The van der Waals surface area contributed by atoms with Crippen LogP contribution in [0.2, 0.25) is 5.02 Å². The predicted octanol–water partition coefficient (Wildman–Crippen LogP) is 4.78. The minimum absolute atomic E-state index is 0.00824. The van der Waals surface area contributed by atoms with Crippen LogP contribution < -0.4 is 5.32 Å². The third-order valence-electron chi connectivity index (χ3n) is 7.83. The monoisotopic (exact) mass is 627 g/mol. The molecule has 2 aliphatic rings. The van der Waals surface area contributed by atoms with Crippen molar-refractivity contribution in [3.8, 4) is 22.5 Å². The zero-order chi connectivity index (χ0) is 29.4. The van der Waals surface area contributed by atoms with Crippen LogP contribution in [0.1, 0.15) is 31.0 Å². The minimum atomic E-state index is -3.66. The van der Waals surface area contributed by atoms with Crippen LogP contribution in [0.4, 0.5) is 0 Å². The molecule has 0 saturated carbocycles. The summed E-state index contributed by atoms with van der Waals surface area (Å²) in [5.41, 5.74) is 5.76. The Morgan fingerprint density at radius 1 is 1.12 bits per heavy atom. The molecule has 1 saturated heterocycles. The lowest BCUT2D eigenvalue weighted by Crippen LogP contribution is -2.40. The molecular formula is C30H34ClN5O4S2. The first-order valence-electron chi connectivity index (χ1n) is 14.2. The number of benzene rings is 2. The number of nitrogens with one attached hydrogen (secondary N) is 1. The van der Waals surface area contributed by atoms with Crippen LogP contribution in [-0.4, -0.2) is 78.0 Å². The van der Waals surface area contributed by atoms with E-state index in [-0.39, 0.29) is 10.9 Å². The molecular weight excluding hydrogens is 594 g/mol. The molecule has 0 bridgehead atoms. The van der Waals surface area contributed by atoms with Crippen LogP contribution in [0.25, 0.3) is 28.2 Å². The molecule has 1 atom stereocenters. The fraction of sp³-hybridized carbons (Fsp3) is 0.400. The van der Waals surface area contributed by atoms with Gasteiger partial charge in [-0.25, -0.2) is 12.9 Å². The number of aryl methyl sites for hydroxylation is 2. The first-order valence-corrected chi connectivity index (χ1v) is 16.4. The van der Waals surface area contributed by atoms with Crippen LogP contribution in [-0.2, 0) is 32.5 Å². The summed E-state index contributed by atoms with van der Waals surface area (Å²) in [6.07, 6.45) is 2.85. The molecule has 9 nitrogen and oxygen atoms in total. The number of ether oxygens (including phenoxy) is 2. The van der Waals surface area contributed by atoms with E-state index < -0.39 is 10.0 Å². The van der Waals surface area contributed by atoms with Gasteiger partial charge in [0.1, 0.15) is 16.3 Å². The Hall–Kier alpha value is -2.80. The summed E-state index contributed by atoms with van der Waals surface area (Å²) in [6, 6.07) is 14.9. The number of hydrogen-bond donors (Lipinski definition) is 1. The number of morpholine rings is 1. The summed E-state index contributed by atoms with van der Waals surface area (Å²) < 4.78 is 43.3. The normalized spacial score (nSPS) is 16.8. The number of thiocarbonyl (C=S) groups is 1. The summed E-state index contributed by atoms with van der Waals surface area (Å²) in [5, 5.41) is 9.24. The van der Waals surface area contributed by atoms with Crippen molar-refractivity contribution >= 4 is 44.5 Å². The van der Waals surface area contributed by atoms with Crippen molar-refractivity contribution in [1.82, 2.24) is 23.8 Å². The summed E-state index contributed by atoms with van der Waals surface area (Å²) >= 11 is 12.3. The maximum atomic E-state index is 13.5. The SMILES string of the molecule is COC[C@@H](C)NC(=S)c1c(-c2ccc(Cl)cc2)c2c3n(c(-c4cccc(S(=O)(=O)N5CCOCC5)c4)nn13)CCCC2. The van der Waals surface area contributed by atoms with Crippen LogP contribution >= 0.6 is 23.8 Å². The van der Waals surface area contributed by atoms with Crippen molar-refractivity contribution in [3.05, 3.63) is 64.8 Å². The van der Waals surface area contributed by atoms with Gasteiger partial charge in [-0.05, 0) is 56.0 Å². The highest BCUT2D eigenvalue weighted by Crippen LogP contribution is 2.39. The van der Waals surface area contributed by atoms with Gasteiger partial charge in [0.05, 0.1) is 24.7 Å². The molecule has 4 aromatic rings. The fourth-order valence-electron chi connectivity index (χ4n) is 5.90. The van der Waals surface area contributed by atoms with E-state index in [1.54, 1.807) is 25.3 Å². The number of rotatable bonds is 8. The van der Waals surface area contributed by atoms with Gasteiger partial charge >= 0.3 is 0 Å². The highest BCUT2D eigenvalue weighted by molar-refractivity contribution is 7.89. The van der Waals surface area contributed by atoms with Gasteiger partial charge < -0.3 is 19.4 Å². The number of halogens is 1. The molecule has 0 spiro atoms. The number of sulfonamides is 1. The molecule has 6 rings (SSSR count). The van der Waals surface area contributed by atoms with Gasteiger partial charge in [-0.2, -0.15) is 4.31 Å². The lowest BCUT2D eigenvalue weighted by atomic mass is 9.98. The van der Waals surface area contributed by atoms with Crippen LogP contribution in [0.5, 0.6) is 0 Å².